The fourth-order valence-electron chi connectivity index (χ4n) is 1.54. The number of hydrogen-bond donors (Lipinski definition) is 0. The zero-order chi connectivity index (χ0) is 10.6. The fraction of sp³-hybridized carbons (Fsp3) is 0.545. The van der Waals surface area contributed by atoms with Crippen molar-refractivity contribution in [3.8, 4) is 0 Å². The van der Waals surface area contributed by atoms with Crippen molar-refractivity contribution in [3.05, 3.63) is 29.8 Å². The Bertz CT molecular complexity index is 273. The molecule has 0 aromatic carbocycles. The van der Waals surface area contributed by atoms with Crippen molar-refractivity contribution in [2.45, 2.75) is 37.4 Å². The second-order valence-corrected chi connectivity index (χ2v) is 4.52. The summed E-state index contributed by atoms with van der Waals surface area (Å²) in [6, 6.07) is 3.24. The van der Waals surface area contributed by atoms with Crippen LogP contribution < -0.4 is 0 Å². The maximum atomic E-state index is 12.7. The third-order valence-corrected chi connectivity index (χ3v) is 3.68. The van der Waals surface area contributed by atoms with E-state index in [-0.39, 0.29) is 5.82 Å². The first-order chi connectivity index (χ1) is 6.69. The van der Waals surface area contributed by atoms with Crippen molar-refractivity contribution < 1.29 is 4.39 Å². The maximum absolute atomic E-state index is 12.7. The standard InChI is InChI=1S/C11H15BrFN/c1-3-9(10(12)4-2)11-6-5-8(13)7-14-11/h5-7,9-10H,3-4H2,1-2H3. The molecule has 1 aromatic rings. The molecule has 78 valence electrons. The van der Waals surface area contributed by atoms with Crippen LogP contribution in [0, 0.1) is 5.82 Å². The SMILES string of the molecule is CCC(Br)C(CC)c1ccc(F)cn1. The van der Waals surface area contributed by atoms with Crippen LogP contribution in [0.15, 0.2) is 18.3 Å². The predicted molar refractivity (Wildman–Crippen MR) is 60.2 cm³/mol. The second kappa shape index (κ2) is 5.44. The van der Waals surface area contributed by atoms with Gasteiger partial charge in [-0.2, -0.15) is 0 Å². The first-order valence-electron chi connectivity index (χ1n) is 4.94. The van der Waals surface area contributed by atoms with Crippen LogP contribution in [0.1, 0.15) is 38.3 Å². The highest BCUT2D eigenvalue weighted by atomic mass is 79.9. The normalized spacial score (nSPS) is 15.1. The molecule has 0 aliphatic carbocycles. The third-order valence-electron chi connectivity index (χ3n) is 2.40. The molecule has 0 saturated heterocycles. The van der Waals surface area contributed by atoms with Crippen LogP contribution in [0.25, 0.3) is 0 Å². The molecule has 0 saturated carbocycles. The molecule has 3 heteroatoms. The summed E-state index contributed by atoms with van der Waals surface area (Å²) in [6.45, 7) is 4.26. The summed E-state index contributed by atoms with van der Waals surface area (Å²) in [7, 11) is 0. The Balaban J connectivity index is 2.84. The Labute approximate surface area is 92.9 Å². The van der Waals surface area contributed by atoms with Crippen LogP contribution in [-0.4, -0.2) is 9.81 Å². The molecule has 0 bridgehead atoms. The Hall–Kier alpha value is -0.440. The van der Waals surface area contributed by atoms with Crippen molar-refractivity contribution in [1.82, 2.24) is 4.98 Å². The minimum atomic E-state index is -0.272. The zero-order valence-corrected chi connectivity index (χ0v) is 10.1. The second-order valence-electron chi connectivity index (χ2n) is 3.34. The molecule has 14 heavy (non-hydrogen) atoms. The van der Waals surface area contributed by atoms with E-state index >= 15 is 0 Å². The van der Waals surface area contributed by atoms with Crippen LogP contribution in [0.3, 0.4) is 0 Å². The maximum Gasteiger partial charge on any atom is 0.141 e. The molecule has 2 unspecified atom stereocenters. The highest BCUT2D eigenvalue weighted by Crippen LogP contribution is 2.28. The molecule has 1 aromatic heterocycles. The summed E-state index contributed by atoms with van der Waals surface area (Å²) in [4.78, 5) is 4.54. The minimum absolute atomic E-state index is 0.272. The lowest BCUT2D eigenvalue weighted by atomic mass is 9.96. The van der Waals surface area contributed by atoms with E-state index in [9.17, 15) is 4.39 Å². The molecular weight excluding hydrogens is 245 g/mol. The molecule has 0 fully saturated rings. The quantitative estimate of drug-likeness (QED) is 0.748. The van der Waals surface area contributed by atoms with Gasteiger partial charge in [0.1, 0.15) is 5.82 Å². The van der Waals surface area contributed by atoms with Gasteiger partial charge in [0, 0.05) is 16.4 Å². The van der Waals surface area contributed by atoms with Crippen molar-refractivity contribution in [1.29, 1.82) is 0 Å². The van der Waals surface area contributed by atoms with Crippen LogP contribution >= 0.6 is 15.9 Å². The van der Waals surface area contributed by atoms with Gasteiger partial charge in [-0.05, 0) is 25.0 Å². The Morgan fingerprint density at radius 3 is 2.50 bits per heavy atom. The molecule has 0 radical (unpaired) electrons. The van der Waals surface area contributed by atoms with Gasteiger partial charge >= 0.3 is 0 Å². The number of alkyl halides is 1. The summed E-state index contributed by atoms with van der Waals surface area (Å²) in [5.74, 6) is 0.104. The molecule has 0 spiro atoms. The molecule has 0 aliphatic heterocycles. The molecule has 0 aliphatic rings. The number of nitrogens with zero attached hydrogens (tertiary/aromatic N) is 1. The Kier molecular flexibility index (Phi) is 4.52. The molecule has 1 nitrogen and oxygen atoms in total. The summed E-state index contributed by atoms with van der Waals surface area (Å²) in [5, 5.41) is 0. The Morgan fingerprint density at radius 1 is 1.36 bits per heavy atom. The van der Waals surface area contributed by atoms with Crippen LogP contribution in [-0.2, 0) is 0 Å². The van der Waals surface area contributed by atoms with Gasteiger partial charge in [0.05, 0.1) is 6.20 Å². The first-order valence-corrected chi connectivity index (χ1v) is 5.86. The van der Waals surface area contributed by atoms with Crippen molar-refractivity contribution in [2.75, 3.05) is 0 Å². The number of rotatable bonds is 4. The van der Waals surface area contributed by atoms with Gasteiger partial charge in [-0.1, -0.05) is 29.8 Å². The van der Waals surface area contributed by atoms with E-state index in [1.807, 2.05) is 0 Å². The summed E-state index contributed by atoms with van der Waals surface area (Å²) >= 11 is 3.62. The number of hydrogen-bond acceptors (Lipinski definition) is 1. The van der Waals surface area contributed by atoms with Gasteiger partial charge in [-0.25, -0.2) is 4.39 Å². The molecule has 1 rings (SSSR count). The lowest BCUT2D eigenvalue weighted by molar-refractivity contribution is 0.587. The topological polar surface area (TPSA) is 12.9 Å². The van der Waals surface area contributed by atoms with E-state index < -0.39 is 0 Å². The summed E-state index contributed by atoms with van der Waals surface area (Å²) in [6.07, 6.45) is 3.35. The van der Waals surface area contributed by atoms with E-state index in [0.717, 1.165) is 18.5 Å². The minimum Gasteiger partial charge on any atom is -0.258 e. The van der Waals surface area contributed by atoms with Gasteiger partial charge in [-0.15, -0.1) is 0 Å². The predicted octanol–water partition coefficient (Wildman–Crippen LogP) is 3.89. The lowest BCUT2D eigenvalue weighted by Gasteiger charge is -2.19. The molecular formula is C11H15BrFN. The highest BCUT2D eigenvalue weighted by Gasteiger charge is 2.18. The highest BCUT2D eigenvalue weighted by molar-refractivity contribution is 9.09. The van der Waals surface area contributed by atoms with E-state index in [1.165, 1.54) is 12.3 Å². The van der Waals surface area contributed by atoms with E-state index in [4.69, 9.17) is 0 Å². The monoisotopic (exact) mass is 259 g/mol. The van der Waals surface area contributed by atoms with Gasteiger partial charge in [0.15, 0.2) is 0 Å². The largest absolute Gasteiger partial charge is 0.258 e. The van der Waals surface area contributed by atoms with Crippen LogP contribution in [0.2, 0.25) is 0 Å². The average Bonchev–Trinajstić information content (AvgIpc) is 2.21. The molecule has 1 heterocycles. The number of halogens is 2. The Morgan fingerprint density at radius 2 is 2.07 bits per heavy atom. The fourth-order valence-corrected chi connectivity index (χ4v) is 2.19. The van der Waals surface area contributed by atoms with E-state index in [1.54, 1.807) is 6.07 Å². The van der Waals surface area contributed by atoms with Gasteiger partial charge in [0.25, 0.3) is 0 Å². The van der Waals surface area contributed by atoms with Gasteiger partial charge in [0.2, 0.25) is 0 Å². The average molecular weight is 260 g/mol. The smallest absolute Gasteiger partial charge is 0.141 e. The lowest BCUT2D eigenvalue weighted by Crippen LogP contribution is -2.12. The first kappa shape index (κ1) is 11.6. The third kappa shape index (κ3) is 2.77. The van der Waals surface area contributed by atoms with Gasteiger partial charge < -0.3 is 0 Å². The molecule has 2 atom stereocenters. The van der Waals surface area contributed by atoms with Crippen molar-refractivity contribution in [3.63, 3.8) is 0 Å². The summed E-state index contributed by atoms with van der Waals surface area (Å²) < 4.78 is 12.7. The molecule has 0 amide bonds. The van der Waals surface area contributed by atoms with Crippen LogP contribution in [0.5, 0.6) is 0 Å². The van der Waals surface area contributed by atoms with Gasteiger partial charge in [-0.3, -0.25) is 4.98 Å². The number of pyridine rings is 1. The summed E-state index contributed by atoms with van der Waals surface area (Å²) in [5.41, 5.74) is 0.970. The molecule has 0 N–H and O–H groups in total. The van der Waals surface area contributed by atoms with Crippen LogP contribution in [0.4, 0.5) is 4.39 Å². The van der Waals surface area contributed by atoms with E-state index in [0.29, 0.717) is 10.7 Å². The zero-order valence-electron chi connectivity index (χ0n) is 8.50. The number of aromatic nitrogens is 1. The van der Waals surface area contributed by atoms with E-state index in [2.05, 4.69) is 34.8 Å². The van der Waals surface area contributed by atoms with Crippen molar-refractivity contribution in [2.24, 2.45) is 0 Å². The van der Waals surface area contributed by atoms with Crippen molar-refractivity contribution >= 4 is 15.9 Å².